The predicted molar refractivity (Wildman–Crippen MR) is 115 cm³/mol. The van der Waals surface area contributed by atoms with Gasteiger partial charge in [-0.1, -0.05) is 0 Å². The van der Waals surface area contributed by atoms with Gasteiger partial charge in [-0.05, 0) is 45.1 Å². The van der Waals surface area contributed by atoms with Crippen molar-refractivity contribution >= 4 is 46.0 Å². The molecule has 2 aromatic heterocycles. The van der Waals surface area contributed by atoms with Crippen molar-refractivity contribution in [3.05, 3.63) is 33.1 Å². The van der Waals surface area contributed by atoms with Crippen molar-refractivity contribution in [3.8, 4) is 0 Å². The van der Waals surface area contributed by atoms with E-state index < -0.39 is 5.60 Å². The summed E-state index contributed by atoms with van der Waals surface area (Å²) in [6.07, 6.45) is 4.29. The first-order valence-corrected chi connectivity index (χ1v) is 10.9. The van der Waals surface area contributed by atoms with Crippen LogP contribution in [0.5, 0.6) is 0 Å². The van der Waals surface area contributed by atoms with Crippen LogP contribution in [0.4, 0.5) is 5.00 Å². The van der Waals surface area contributed by atoms with E-state index in [0.717, 1.165) is 24.1 Å². The smallest absolute Gasteiger partial charge is 0.257 e. The molecular weight excluding hydrogens is 394 g/mol. The van der Waals surface area contributed by atoms with Crippen LogP contribution in [0.1, 0.15) is 60.6 Å². The number of nitrogens with one attached hydrogen (secondary N) is 2. The number of thiazole rings is 1. The number of hydrogen-bond donors (Lipinski definition) is 3. The van der Waals surface area contributed by atoms with E-state index >= 15 is 0 Å². The van der Waals surface area contributed by atoms with Crippen molar-refractivity contribution in [2.75, 3.05) is 12.0 Å². The lowest BCUT2D eigenvalue weighted by molar-refractivity contribution is 0.0606. The van der Waals surface area contributed by atoms with Crippen molar-refractivity contribution in [2.45, 2.75) is 51.2 Å². The lowest BCUT2D eigenvalue weighted by Crippen LogP contribution is -2.44. The fourth-order valence-electron chi connectivity index (χ4n) is 3.20. The molecule has 1 aliphatic heterocycles. The summed E-state index contributed by atoms with van der Waals surface area (Å²) in [4.78, 5) is 19.7. The molecule has 9 heteroatoms. The molecule has 1 saturated heterocycles. The van der Waals surface area contributed by atoms with Crippen molar-refractivity contribution in [1.82, 2.24) is 9.88 Å². The highest BCUT2D eigenvalue weighted by molar-refractivity contribution is 7.14. The van der Waals surface area contributed by atoms with E-state index in [9.17, 15) is 9.90 Å². The fourth-order valence-corrected chi connectivity index (χ4v) is 5.04. The second-order valence-electron chi connectivity index (χ2n) is 7.43. The van der Waals surface area contributed by atoms with Crippen LogP contribution >= 0.6 is 22.7 Å². The lowest BCUT2D eigenvalue weighted by atomic mass is 9.93. The first-order chi connectivity index (χ1) is 13.3. The Morgan fingerprint density at radius 1 is 1.46 bits per heavy atom. The number of piperidine rings is 1. The van der Waals surface area contributed by atoms with E-state index in [-0.39, 0.29) is 17.9 Å². The first-order valence-electron chi connectivity index (χ1n) is 9.16. The first kappa shape index (κ1) is 20.6. The number of hydrazone groups is 1. The topological polar surface area (TPSA) is 102 Å². The summed E-state index contributed by atoms with van der Waals surface area (Å²) in [6, 6.07) is 1.96. The lowest BCUT2D eigenvalue weighted by Gasteiger charge is -2.37. The summed E-state index contributed by atoms with van der Waals surface area (Å²) in [5, 5.41) is 26.5. The van der Waals surface area contributed by atoms with Crippen LogP contribution in [0.25, 0.3) is 0 Å². The van der Waals surface area contributed by atoms with Gasteiger partial charge in [0.15, 0.2) is 0 Å². The molecule has 7 nitrogen and oxygen atoms in total. The minimum atomic E-state index is -0.958. The Labute approximate surface area is 172 Å². The van der Waals surface area contributed by atoms with Gasteiger partial charge in [-0.25, -0.2) is 4.98 Å². The van der Waals surface area contributed by atoms with Gasteiger partial charge < -0.3 is 15.4 Å². The Morgan fingerprint density at radius 3 is 2.93 bits per heavy atom. The molecule has 0 aliphatic carbocycles. The maximum atomic E-state index is 13.2. The predicted octanol–water partition coefficient (Wildman–Crippen LogP) is 3.89. The third-order valence-electron chi connectivity index (χ3n) is 4.85. The van der Waals surface area contributed by atoms with Crippen LogP contribution in [0.2, 0.25) is 0 Å². The zero-order chi connectivity index (χ0) is 20.3. The van der Waals surface area contributed by atoms with Crippen molar-refractivity contribution in [3.63, 3.8) is 0 Å². The largest absolute Gasteiger partial charge is 0.384 e. The number of likely N-dealkylation sites (tertiary alicyclic amines) is 1. The number of carbonyl (C=O) groups is 1. The van der Waals surface area contributed by atoms with Gasteiger partial charge in [-0.3, -0.25) is 10.2 Å². The van der Waals surface area contributed by atoms with Crippen LogP contribution in [0.15, 0.2) is 21.9 Å². The SMILES string of the molecule is C[C@@H]1CCC(c2nc(C(C)(C)O)cs2)CN1C(=O)c1ccsc1N/N=C\C=N. The molecule has 1 amide bonds. The van der Waals surface area contributed by atoms with Gasteiger partial charge in [0, 0.05) is 30.1 Å². The highest BCUT2D eigenvalue weighted by atomic mass is 32.1. The summed E-state index contributed by atoms with van der Waals surface area (Å²) in [5.41, 5.74) is 3.16. The highest BCUT2D eigenvalue weighted by Gasteiger charge is 2.33. The van der Waals surface area contributed by atoms with Gasteiger partial charge in [0.1, 0.15) is 10.6 Å². The number of hydrogen-bond acceptors (Lipinski definition) is 8. The molecule has 1 fully saturated rings. The van der Waals surface area contributed by atoms with Gasteiger partial charge in [0.05, 0.1) is 22.5 Å². The zero-order valence-electron chi connectivity index (χ0n) is 16.2. The molecule has 0 bridgehead atoms. The van der Waals surface area contributed by atoms with Crippen molar-refractivity contribution < 1.29 is 9.90 Å². The zero-order valence-corrected chi connectivity index (χ0v) is 17.8. The standard InChI is InChI=1S/C19H25N5O2S2/c1-12-4-5-13(16-22-15(11-28-16)19(2,3)26)10-24(12)18(25)14-6-9-27-17(14)23-21-8-7-20/h6-9,11-13,20,23,26H,4-5,10H2,1-3H3/b20-7?,21-8-/t12-,13?/m1/s1. The molecule has 3 N–H and O–H groups in total. The molecule has 28 heavy (non-hydrogen) atoms. The van der Waals surface area contributed by atoms with Crippen LogP contribution in [0, 0.1) is 5.41 Å². The third kappa shape index (κ3) is 4.48. The minimum Gasteiger partial charge on any atom is -0.384 e. The van der Waals surface area contributed by atoms with Crippen LogP contribution in [0.3, 0.4) is 0 Å². The summed E-state index contributed by atoms with van der Waals surface area (Å²) < 4.78 is 0. The molecule has 2 aromatic rings. The Kier molecular flexibility index (Phi) is 6.26. The molecule has 150 valence electrons. The maximum Gasteiger partial charge on any atom is 0.257 e. The number of aliphatic hydroxyl groups is 1. The number of nitrogens with zero attached hydrogens (tertiary/aromatic N) is 3. The molecule has 2 atom stereocenters. The molecule has 3 heterocycles. The van der Waals surface area contributed by atoms with E-state index in [1.165, 1.54) is 17.6 Å². The Hall–Kier alpha value is -2.10. The third-order valence-corrected chi connectivity index (χ3v) is 6.68. The number of anilines is 1. The average molecular weight is 420 g/mol. The van der Waals surface area contributed by atoms with Gasteiger partial charge in [-0.15, -0.1) is 22.7 Å². The molecule has 1 unspecified atom stereocenters. The molecule has 0 saturated carbocycles. The van der Waals surface area contributed by atoms with Crippen LogP contribution in [-0.2, 0) is 5.60 Å². The van der Waals surface area contributed by atoms with Crippen molar-refractivity contribution in [1.29, 1.82) is 5.41 Å². The molecule has 0 radical (unpaired) electrons. The highest BCUT2D eigenvalue weighted by Crippen LogP contribution is 2.35. The second-order valence-corrected chi connectivity index (χ2v) is 9.24. The Bertz CT molecular complexity index is 868. The number of aromatic nitrogens is 1. The summed E-state index contributed by atoms with van der Waals surface area (Å²) in [6.45, 7) is 6.15. The van der Waals surface area contributed by atoms with Gasteiger partial charge in [0.25, 0.3) is 5.91 Å². The molecule has 0 spiro atoms. The fraction of sp³-hybridized carbons (Fsp3) is 0.474. The second kappa shape index (κ2) is 8.50. The van der Waals surface area contributed by atoms with E-state index in [4.69, 9.17) is 5.41 Å². The van der Waals surface area contributed by atoms with Gasteiger partial charge in [-0.2, -0.15) is 5.10 Å². The number of thiophene rings is 1. The normalized spacial score (nSPS) is 20.5. The van der Waals surface area contributed by atoms with E-state index in [1.807, 2.05) is 15.7 Å². The maximum absolute atomic E-state index is 13.2. The summed E-state index contributed by atoms with van der Waals surface area (Å²) in [7, 11) is 0. The van der Waals surface area contributed by atoms with E-state index in [1.54, 1.807) is 31.3 Å². The monoisotopic (exact) mass is 419 g/mol. The van der Waals surface area contributed by atoms with E-state index in [2.05, 4.69) is 22.4 Å². The minimum absolute atomic E-state index is 0.0229. The van der Waals surface area contributed by atoms with Crippen LogP contribution < -0.4 is 5.43 Å². The summed E-state index contributed by atoms with van der Waals surface area (Å²) in [5.74, 6) is 0.150. The molecule has 0 aromatic carbocycles. The quantitative estimate of drug-likeness (QED) is 0.488. The molecule has 3 rings (SSSR count). The Morgan fingerprint density at radius 2 is 2.25 bits per heavy atom. The average Bonchev–Trinajstić information content (AvgIpc) is 3.31. The number of amides is 1. The van der Waals surface area contributed by atoms with Gasteiger partial charge >= 0.3 is 0 Å². The van der Waals surface area contributed by atoms with Crippen LogP contribution in [-0.4, -0.2) is 45.9 Å². The molecule has 1 aliphatic rings. The summed E-state index contributed by atoms with van der Waals surface area (Å²) >= 11 is 2.96. The molecular formula is C19H25N5O2S2. The van der Waals surface area contributed by atoms with E-state index in [0.29, 0.717) is 22.8 Å². The number of carbonyl (C=O) groups excluding carboxylic acids is 1. The number of rotatable bonds is 6. The Balaban J connectivity index is 1.77. The van der Waals surface area contributed by atoms with Gasteiger partial charge in [0.2, 0.25) is 0 Å². The van der Waals surface area contributed by atoms with Crippen molar-refractivity contribution in [2.24, 2.45) is 5.10 Å².